The minimum absolute atomic E-state index is 0.0392. The standard InChI is InChI=1S/C26H42F3N7O.C8H15N3O/c1-25(2,3)23-31-21(26(27,28)29)18-22(32-23)35-14-10-33(11-15-35)9-5-4-8-30-24(37)36-16-12-34(13-17-36)19-20-6-7-20;9-8(12)11-5-3-10(4-6-11)7-1-2-7/h18,20H,4-17,19H2,1-3H3,(H,30,37);7H,1-6H2,(H2,9,12). The number of aromatic nitrogens is 2. The zero-order valence-corrected chi connectivity index (χ0v) is 29.7. The van der Waals surface area contributed by atoms with Crippen LogP contribution in [0.25, 0.3) is 0 Å². The fraction of sp³-hybridized carbons (Fsp3) is 0.824. The lowest BCUT2D eigenvalue weighted by Crippen LogP contribution is -2.52. The van der Waals surface area contributed by atoms with E-state index in [4.69, 9.17) is 5.73 Å². The number of halogens is 3. The number of alkyl halides is 3. The number of amides is 4. The largest absolute Gasteiger partial charge is 0.433 e. The lowest BCUT2D eigenvalue weighted by molar-refractivity contribution is -0.141. The molecule has 1 aromatic heterocycles. The van der Waals surface area contributed by atoms with Gasteiger partial charge >= 0.3 is 18.2 Å². The highest BCUT2D eigenvalue weighted by atomic mass is 19.4. The molecule has 0 unspecified atom stereocenters. The second kappa shape index (κ2) is 16.4. The first-order valence-electron chi connectivity index (χ1n) is 18.2. The number of anilines is 1. The molecule has 2 aliphatic carbocycles. The third-order valence-corrected chi connectivity index (χ3v) is 10.1. The Balaban J connectivity index is 0.000000325. The number of nitrogens with one attached hydrogen (secondary N) is 1. The summed E-state index contributed by atoms with van der Waals surface area (Å²) < 4.78 is 40.3. The molecule has 15 heteroatoms. The third kappa shape index (κ3) is 11.6. The Kier molecular flexibility index (Phi) is 12.5. The molecule has 0 spiro atoms. The van der Waals surface area contributed by atoms with Crippen molar-refractivity contribution in [2.24, 2.45) is 11.7 Å². The van der Waals surface area contributed by atoms with E-state index in [-0.39, 0.29) is 17.9 Å². The van der Waals surface area contributed by atoms with Crippen LogP contribution in [0.4, 0.5) is 28.6 Å². The summed E-state index contributed by atoms with van der Waals surface area (Å²) in [6.07, 6.45) is 2.78. The molecule has 276 valence electrons. The topological polar surface area (TPSA) is 117 Å². The smallest absolute Gasteiger partial charge is 0.354 e. The number of nitrogens with zero attached hydrogens (tertiary/aromatic N) is 8. The molecule has 0 atom stereocenters. The van der Waals surface area contributed by atoms with Crippen LogP contribution in [0.1, 0.15) is 70.8 Å². The molecule has 49 heavy (non-hydrogen) atoms. The van der Waals surface area contributed by atoms with Gasteiger partial charge in [-0.25, -0.2) is 19.6 Å². The Hall–Kier alpha value is -2.91. The van der Waals surface area contributed by atoms with Crippen LogP contribution in [-0.2, 0) is 11.6 Å². The fourth-order valence-electron chi connectivity index (χ4n) is 6.59. The molecule has 3 aliphatic heterocycles. The molecule has 0 radical (unpaired) electrons. The van der Waals surface area contributed by atoms with E-state index in [0.717, 1.165) is 103 Å². The minimum atomic E-state index is -4.50. The molecular weight excluding hydrogens is 637 g/mol. The molecule has 1 aromatic rings. The summed E-state index contributed by atoms with van der Waals surface area (Å²) in [7, 11) is 0. The minimum Gasteiger partial charge on any atom is -0.354 e. The molecule has 5 aliphatic rings. The van der Waals surface area contributed by atoms with E-state index >= 15 is 0 Å². The second-order valence-electron chi connectivity index (χ2n) is 15.3. The van der Waals surface area contributed by atoms with E-state index in [1.165, 1.54) is 32.2 Å². The van der Waals surface area contributed by atoms with Crippen molar-refractivity contribution in [1.29, 1.82) is 0 Å². The number of piperazine rings is 3. The number of carbonyl (C=O) groups is 2. The van der Waals surface area contributed by atoms with Crippen LogP contribution in [-0.4, -0.2) is 151 Å². The molecular formula is C34H57F3N10O2. The highest BCUT2D eigenvalue weighted by molar-refractivity contribution is 5.74. The van der Waals surface area contributed by atoms with Crippen molar-refractivity contribution in [1.82, 2.24) is 39.8 Å². The van der Waals surface area contributed by atoms with Crippen LogP contribution in [0.3, 0.4) is 0 Å². The number of carbonyl (C=O) groups excluding carboxylic acids is 2. The van der Waals surface area contributed by atoms with Crippen molar-refractivity contribution in [3.63, 3.8) is 0 Å². The molecule has 4 amide bonds. The predicted octanol–water partition coefficient (Wildman–Crippen LogP) is 3.28. The van der Waals surface area contributed by atoms with Gasteiger partial charge in [-0.15, -0.1) is 0 Å². The molecule has 4 heterocycles. The SMILES string of the molecule is CC(C)(C)c1nc(N2CCN(CCCCNC(=O)N3CCN(CC4CC4)CC3)CC2)cc(C(F)(F)F)n1.NC(=O)N1CCN(C2CC2)CC1. The molecule has 0 bridgehead atoms. The van der Waals surface area contributed by atoms with Crippen LogP contribution >= 0.6 is 0 Å². The Morgan fingerprint density at radius 3 is 1.98 bits per heavy atom. The summed E-state index contributed by atoms with van der Waals surface area (Å²) in [5.74, 6) is 1.45. The van der Waals surface area contributed by atoms with E-state index in [2.05, 4.69) is 30.0 Å². The van der Waals surface area contributed by atoms with Crippen molar-refractivity contribution < 1.29 is 22.8 Å². The zero-order chi connectivity index (χ0) is 35.2. The maximum absolute atomic E-state index is 13.4. The van der Waals surface area contributed by atoms with Gasteiger partial charge < -0.3 is 25.8 Å². The van der Waals surface area contributed by atoms with Crippen molar-refractivity contribution in [2.75, 3.05) is 103 Å². The maximum Gasteiger partial charge on any atom is 0.433 e. The quantitative estimate of drug-likeness (QED) is 0.379. The van der Waals surface area contributed by atoms with E-state index in [1.54, 1.807) is 4.90 Å². The highest BCUT2D eigenvalue weighted by Gasteiger charge is 2.36. The molecule has 3 N–H and O–H groups in total. The van der Waals surface area contributed by atoms with Gasteiger partial charge in [-0.3, -0.25) is 14.7 Å². The molecule has 6 rings (SSSR count). The highest BCUT2D eigenvalue weighted by Crippen LogP contribution is 2.33. The number of primary amides is 1. The van der Waals surface area contributed by atoms with E-state index in [0.29, 0.717) is 25.5 Å². The number of urea groups is 2. The number of nitrogens with two attached hydrogens (primary N) is 1. The van der Waals surface area contributed by atoms with Gasteiger partial charge in [-0.1, -0.05) is 20.8 Å². The van der Waals surface area contributed by atoms with Crippen LogP contribution in [0, 0.1) is 5.92 Å². The average Bonchev–Trinajstić information content (AvgIpc) is 4.01. The summed E-state index contributed by atoms with van der Waals surface area (Å²) in [6, 6.07) is 1.66. The van der Waals surface area contributed by atoms with Crippen molar-refractivity contribution in [3.05, 3.63) is 17.6 Å². The van der Waals surface area contributed by atoms with Crippen LogP contribution in [0.5, 0.6) is 0 Å². The van der Waals surface area contributed by atoms with Gasteiger partial charge in [0.05, 0.1) is 0 Å². The number of unbranched alkanes of at least 4 members (excludes halogenated alkanes) is 1. The second-order valence-corrected chi connectivity index (χ2v) is 15.3. The fourth-order valence-corrected chi connectivity index (χ4v) is 6.59. The summed E-state index contributed by atoms with van der Waals surface area (Å²) in [4.78, 5) is 44.3. The average molecular weight is 695 g/mol. The number of hydrogen-bond donors (Lipinski definition) is 2. The Morgan fingerprint density at radius 1 is 0.816 bits per heavy atom. The predicted molar refractivity (Wildman–Crippen MR) is 184 cm³/mol. The Morgan fingerprint density at radius 2 is 1.43 bits per heavy atom. The van der Waals surface area contributed by atoms with E-state index in [9.17, 15) is 22.8 Å². The number of rotatable bonds is 9. The van der Waals surface area contributed by atoms with Gasteiger partial charge in [-0.2, -0.15) is 13.2 Å². The lowest BCUT2D eigenvalue weighted by atomic mass is 9.95. The van der Waals surface area contributed by atoms with Crippen LogP contribution in [0.2, 0.25) is 0 Å². The first kappa shape index (κ1) is 37.3. The van der Waals surface area contributed by atoms with E-state index in [1.807, 2.05) is 30.6 Å². The van der Waals surface area contributed by atoms with Gasteiger partial charge in [0.25, 0.3) is 0 Å². The van der Waals surface area contributed by atoms with Crippen LogP contribution < -0.4 is 16.0 Å². The van der Waals surface area contributed by atoms with Gasteiger partial charge in [-0.05, 0) is 51.0 Å². The summed E-state index contributed by atoms with van der Waals surface area (Å²) in [5, 5.41) is 3.06. The monoisotopic (exact) mass is 694 g/mol. The van der Waals surface area contributed by atoms with Crippen LogP contribution in [0.15, 0.2) is 6.07 Å². The molecule has 2 saturated carbocycles. The molecule has 0 aromatic carbocycles. The molecule has 3 saturated heterocycles. The number of hydrogen-bond acceptors (Lipinski definition) is 8. The summed E-state index contributed by atoms with van der Waals surface area (Å²) in [6.45, 7) is 18.2. The summed E-state index contributed by atoms with van der Waals surface area (Å²) >= 11 is 0. The molecule has 12 nitrogen and oxygen atoms in total. The third-order valence-electron chi connectivity index (χ3n) is 10.1. The van der Waals surface area contributed by atoms with Crippen molar-refractivity contribution in [3.8, 4) is 0 Å². The van der Waals surface area contributed by atoms with Crippen molar-refractivity contribution in [2.45, 2.75) is 76.9 Å². The Labute approximate surface area is 289 Å². The zero-order valence-electron chi connectivity index (χ0n) is 29.7. The van der Waals surface area contributed by atoms with Gasteiger partial charge in [0.2, 0.25) is 0 Å². The first-order chi connectivity index (χ1) is 23.3. The maximum atomic E-state index is 13.4. The van der Waals surface area contributed by atoms with Gasteiger partial charge in [0.15, 0.2) is 0 Å². The lowest BCUT2D eigenvalue weighted by Gasteiger charge is -2.36. The van der Waals surface area contributed by atoms with Gasteiger partial charge in [0.1, 0.15) is 17.3 Å². The normalized spacial score (nSPS) is 21.7. The Bertz CT molecular complexity index is 1200. The van der Waals surface area contributed by atoms with Gasteiger partial charge in [0, 0.05) is 109 Å². The van der Waals surface area contributed by atoms with E-state index < -0.39 is 17.3 Å². The first-order valence-corrected chi connectivity index (χ1v) is 18.2. The molecule has 5 fully saturated rings. The van der Waals surface area contributed by atoms with Crippen molar-refractivity contribution >= 4 is 17.9 Å². The summed E-state index contributed by atoms with van der Waals surface area (Å²) in [5.41, 5.74) is 3.72.